The quantitative estimate of drug-likeness (QED) is 0.900. The summed E-state index contributed by atoms with van der Waals surface area (Å²) in [6.07, 6.45) is 7.45. The van der Waals surface area contributed by atoms with E-state index in [-0.39, 0.29) is 0 Å². The molecule has 94 valence electrons. The lowest BCUT2D eigenvalue weighted by atomic mass is 9.90. The smallest absolute Gasteiger partial charge is 0.195 e. The van der Waals surface area contributed by atoms with Crippen LogP contribution in [0.1, 0.15) is 29.9 Å². The zero-order chi connectivity index (χ0) is 12.4. The van der Waals surface area contributed by atoms with Gasteiger partial charge >= 0.3 is 0 Å². The van der Waals surface area contributed by atoms with Crippen molar-refractivity contribution in [1.29, 1.82) is 0 Å². The highest BCUT2D eigenvalue weighted by Gasteiger charge is 2.12. The number of hydrogen-bond donors (Lipinski definition) is 1. The fraction of sp³-hybridized carbons (Fsp3) is 0.400. The van der Waals surface area contributed by atoms with Crippen molar-refractivity contribution < 1.29 is 4.42 Å². The van der Waals surface area contributed by atoms with Crippen molar-refractivity contribution in [3.05, 3.63) is 41.5 Å². The van der Waals surface area contributed by atoms with Gasteiger partial charge in [-0.25, -0.2) is 4.98 Å². The van der Waals surface area contributed by atoms with Gasteiger partial charge < -0.3 is 10.2 Å². The molecule has 3 rings (SSSR count). The summed E-state index contributed by atoms with van der Waals surface area (Å²) in [6.45, 7) is 0.574. The first-order valence-electron chi connectivity index (χ1n) is 6.63. The standard InChI is InChI=1S/C15H18N2O/c16-8-7-15-17-14(10-18-15)13-6-5-11-3-1-2-4-12(11)9-13/h5-6,9-10H,1-4,7-8,16H2. The average molecular weight is 242 g/mol. The van der Waals surface area contributed by atoms with Crippen LogP contribution in [0.25, 0.3) is 11.3 Å². The maximum atomic E-state index is 5.50. The monoisotopic (exact) mass is 242 g/mol. The van der Waals surface area contributed by atoms with Gasteiger partial charge in [0, 0.05) is 18.5 Å². The Morgan fingerprint density at radius 3 is 2.83 bits per heavy atom. The summed E-state index contributed by atoms with van der Waals surface area (Å²) in [5.41, 5.74) is 10.5. The number of aromatic nitrogens is 1. The second-order valence-corrected chi connectivity index (χ2v) is 4.86. The summed E-state index contributed by atoms with van der Waals surface area (Å²) in [4.78, 5) is 4.47. The third kappa shape index (κ3) is 2.18. The number of rotatable bonds is 3. The largest absolute Gasteiger partial charge is 0.448 e. The number of nitrogens with zero attached hydrogens (tertiary/aromatic N) is 1. The first-order chi connectivity index (χ1) is 8.86. The van der Waals surface area contributed by atoms with Gasteiger partial charge in [-0.15, -0.1) is 0 Å². The predicted octanol–water partition coefficient (Wildman–Crippen LogP) is 2.72. The van der Waals surface area contributed by atoms with Crippen molar-refractivity contribution in [2.75, 3.05) is 6.54 Å². The Labute approximate surface area is 107 Å². The molecule has 1 aromatic heterocycles. The van der Waals surface area contributed by atoms with Crippen LogP contribution in [0.4, 0.5) is 0 Å². The molecular weight excluding hydrogens is 224 g/mol. The molecule has 1 aliphatic carbocycles. The molecule has 0 aliphatic heterocycles. The molecule has 0 amide bonds. The Balaban J connectivity index is 1.91. The van der Waals surface area contributed by atoms with Crippen molar-refractivity contribution in [3.8, 4) is 11.3 Å². The third-order valence-corrected chi connectivity index (χ3v) is 3.55. The number of oxazole rings is 1. The Morgan fingerprint density at radius 1 is 1.17 bits per heavy atom. The minimum atomic E-state index is 0.574. The van der Waals surface area contributed by atoms with Gasteiger partial charge in [0.2, 0.25) is 0 Å². The lowest BCUT2D eigenvalue weighted by molar-refractivity contribution is 0.496. The van der Waals surface area contributed by atoms with Crippen LogP contribution >= 0.6 is 0 Å². The van der Waals surface area contributed by atoms with Crippen LogP contribution in [0.2, 0.25) is 0 Å². The highest BCUT2D eigenvalue weighted by molar-refractivity contribution is 5.60. The first kappa shape index (κ1) is 11.5. The number of aryl methyl sites for hydroxylation is 2. The molecule has 2 aromatic rings. The second kappa shape index (κ2) is 4.94. The van der Waals surface area contributed by atoms with Gasteiger partial charge in [0.15, 0.2) is 5.89 Å². The molecule has 0 atom stereocenters. The molecular formula is C15H18N2O. The minimum absolute atomic E-state index is 0.574. The van der Waals surface area contributed by atoms with Gasteiger partial charge in [0.1, 0.15) is 12.0 Å². The van der Waals surface area contributed by atoms with Gasteiger partial charge in [-0.2, -0.15) is 0 Å². The zero-order valence-electron chi connectivity index (χ0n) is 10.5. The van der Waals surface area contributed by atoms with Crippen molar-refractivity contribution in [2.24, 2.45) is 5.73 Å². The van der Waals surface area contributed by atoms with E-state index in [0.717, 1.165) is 17.1 Å². The highest BCUT2D eigenvalue weighted by atomic mass is 16.3. The first-order valence-corrected chi connectivity index (χ1v) is 6.63. The molecule has 0 spiro atoms. The molecule has 1 aromatic carbocycles. The van der Waals surface area contributed by atoms with E-state index >= 15 is 0 Å². The zero-order valence-corrected chi connectivity index (χ0v) is 10.5. The number of nitrogens with two attached hydrogens (primary N) is 1. The van der Waals surface area contributed by atoms with Gasteiger partial charge in [-0.1, -0.05) is 12.1 Å². The van der Waals surface area contributed by atoms with E-state index in [2.05, 4.69) is 23.2 Å². The average Bonchev–Trinajstić information content (AvgIpc) is 2.87. The van der Waals surface area contributed by atoms with Crippen LogP contribution in [0, 0.1) is 0 Å². The van der Waals surface area contributed by atoms with Crippen LogP contribution in [0.5, 0.6) is 0 Å². The van der Waals surface area contributed by atoms with Gasteiger partial charge in [0.25, 0.3) is 0 Å². The molecule has 0 saturated heterocycles. The Hall–Kier alpha value is -1.61. The molecule has 0 bridgehead atoms. The normalized spacial score (nSPS) is 14.5. The molecule has 18 heavy (non-hydrogen) atoms. The van der Waals surface area contributed by atoms with E-state index in [1.165, 1.54) is 36.8 Å². The van der Waals surface area contributed by atoms with Crippen LogP contribution in [-0.2, 0) is 19.3 Å². The maximum Gasteiger partial charge on any atom is 0.195 e. The SMILES string of the molecule is NCCc1nc(-c2ccc3c(c2)CCCC3)co1. The van der Waals surface area contributed by atoms with Crippen LogP contribution < -0.4 is 5.73 Å². The summed E-state index contributed by atoms with van der Waals surface area (Å²) in [6, 6.07) is 6.65. The fourth-order valence-corrected chi connectivity index (χ4v) is 2.57. The molecule has 3 heteroatoms. The molecule has 0 radical (unpaired) electrons. The molecule has 2 N–H and O–H groups in total. The van der Waals surface area contributed by atoms with Gasteiger partial charge in [-0.05, 0) is 42.9 Å². The Bertz CT molecular complexity index is 545. The lowest BCUT2D eigenvalue weighted by Gasteiger charge is -2.15. The van der Waals surface area contributed by atoms with E-state index in [9.17, 15) is 0 Å². The van der Waals surface area contributed by atoms with Crippen molar-refractivity contribution in [2.45, 2.75) is 32.1 Å². The molecule has 0 unspecified atom stereocenters. The van der Waals surface area contributed by atoms with E-state index in [4.69, 9.17) is 10.2 Å². The topological polar surface area (TPSA) is 52.0 Å². The summed E-state index contributed by atoms with van der Waals surface area (Å²) in [7, 11) is 0. The molecule has 1 heterocycles. The minimum Gasteiger partial charge on any atom is -0.448 e. The van der Waals surface area contributed by atoms with E-state index in [0.29, 0.717) is 13.0 Å². The number of fused-ring (bicyclic) bond motifs is 1. The summed E-state index contributed by atoms with van der Waals surface area (Å²) >= 11 is 0. The van der Waals surface area contributed by atoms with Gasteiger partial charge in [-0.3, -0.25) is 0 Å². The maximum absolute atomic E-state index is 5.50. The second-order valence-electron chi connectivity index (χ2n) is 4.86. The molecule has 3 nitrogen and oxygen atoms in total. The third-order valence-electron chi connectivity index (χ3n) is 3.55. The van der Waals surface area contributed by atoms with E-state index < -0.39 is 0 Å². The molecule has 1 aliphatic rings. The van der Waals surface area contributed by atoms with Crippen molar-refractivity contribution in [3.63, 3.8) is 0 Å². The molecule has 0 saturated carbocycles. The highest BCUT2D eigenvalue weighted by Crippen LogP contribution is 2.27. The summed E-state index contributed by atoms with van der Waals surface area (Å²) in [5, 5.41) is 0. The predicted molar refractivity (Wildman–Crippen MR) is 71.3 cm³/mol. The van der Waals surface area contributed by atoms with Gasteiger partial charge in [0.05, 0.1) is 0 Å². The number of hydrogen-bond acceptors (Lipinski definition) is 3. The van der Waals surface area contributed by atoms with E-state index in [1.54, 1.807) is 6.26 Å². The van der Waals surface area contributed by atoms with Crippen molar-refractivity contribution in [1.82, 2.24) is 4.98 Å². The van der Waals surface area contributed by atoms with Crippen LogP contribution in [0.15, 0.2) is 28.9 Å². The van der Waals surface area contributed by atoms with Crippen LogP contribution in [0.3, 0.4) is 0 Å². The van der Waals surface area contributed by atoms with Crippen LogP contribution in [-0.4, -0.2) is 11.5 Å². The fourth-order valence-electron chi connectivity index (χ4n) is 2.57. The van der Waals surface area contributed by atoms with E-state index in [1.807, 2.05) is 0 Å². The summed E-state index contributed by atoms with van der Waals surface area (Å²) < 4.78 is 5.41. The van der Waals surface area contributed by atoms with Crippen molar-refractivity contribution >= 4 is 0 Å². The lowest BCUT2D eigenvalue weighted by Crippen LogP contribution is -2.03. The summed E-state index contributed by atoms with van der Waals surface area (Å²) in [5.74, 6) is 0.727. The Morgan fingerprint density at radius 2 is 2.00 bits per heavy atom. The number of benzene rings is 1. The Kier molecular flexibility index (Phi) is 3.15. The molecule has 0 fully saturated rings.